The molecule has 7 nitrogen and oxygen atoms in total. The van der Waals surface area contributed by atoms with E-state index < -0.39 is 0 Å². The van der Waals surface area contributed by atoms with E-state index in [4.69, 9.17) is 0 Å². The summed E-state index contributed by atoms with van der Waals surface area (Å²) < 4.78 is 1.04. The fourth-order valence-electron chi connectivity index (χ4n) is 4.52. The van der Waals surface area contributed by atoms with Gasteiger partial charge in [0.1, 0.15) is 5.69 Å². The molecule has 0 aliphatic carbocycles. The average Bonchev–Trinajstić information content (AvgIpc) is 3.14. The van der Waals surface area contributed by atoms with Crippen LogP contribution in [-0.2, 0) is 4.79 Å². The van der Waals surface area contributed by atoms with E-state index in [1.165, 1.54) is 12.8 Å². The molecular weight excluding hydrogens is 374 g/mol. The van der Waals surface area contributed by atoms with Crippen LogP contribution in [0.4, 0.5) is 5.00 Å². The number of nitrogens with zero attached hydrogens (tertiary/aromatic N) is 4. The molecule has 1 unspecified atom stereocenters. The van der Waals surface area contributed by atoms with Crippen molar-refractivity contribution in [3.05, 3.63) is 24.0 Å². The Morgan fingerprint density at radius 2 is 2.04 bits per heavy atom. The number of fused-ring (bicyclic) bond motifs is 4. The largest absolute Gasteiger partial charge is 0.352 e. The van der Waals surface area contributed by atoms with Gasteiger partial charge in [-0.15, -0.1) is 11.3 Å². The number of hydrogen-bond acceptors (Lipinski definition) is 6. The van der Waals surface area contributed by atoms with Crippen LogP contribution < -0.4 is 10.2 Å². The van der Waals surface area contributed by atoms with E-state index in [1.807, 2.05) is 13.1 Å². The topological polar surface area (TPSA) is 68.8 Å². The molecule has 0 radical (unpaired) electrons. The number of hydrogen-bond donors (Lipinski definition) is 1. The van der Waals surface area contributed by atoms with Crippen molar-refractivity contribution in [1.82, 2.24) is 20.1 Å². The minimum absolute atomic E-state index is 0.0784. The average molecular weight is 400 g/mol. The molecule has 1 N–H and O–H groups in total. The molecule has 2 aromatic heterocycles. The van der Waals surface area contributed by atoms with Gasteiger partial charge in [-0.05, 0) is 44.0 Å². The Kier molecular flexibility index (Phi) is 4.47. The van der Waals surface area contributed by atoms with Gasteiger partial charge in [0, 0.05) is 49.0 Å². The van der Waals surface area contributed by atoms with Crippen LogP contribution in [0.5, 0.6) is 0 Å². The van der Waals surface area contributed by atoms with Crippen molar-refractivity contribution >= 4 is 38.2 Å². The lowest BCUT2D eigenvalue weighted by Gasteiger charge is -2.44. The Morgan fingerprint density at radius 3 is 2.75 bits per heavy atom. The molecule has 4 saturated heterocycles. The number of thiophene rings is 1. The summed E-state index contributed by atoms with van der Waals surface area (Å²) in [6, 6.07) is 4.20. The van der Waals surface area contributed by atoms with Gasteiger partial charge in [0.15, 0.2) is 0 Å². The van der Waals surface area contributed by atoms with Crippen LogP contribution in [0.2, 0.25) is 0 Å². The number of piperidine rings is 3. The lowest BCUT2D eigenvalue weighted by molar-refractivity contribution is -0.129. The fraction of sp³-hybridized carbons (Fsp3) is 0.550. The highest BCUT2D eigenvalue weighted by molar-refractivity contribution is 7.22. The zero-order valence-electron chi connectivity index (χ0n) is 16.1. The number of aromatic nitrogens is 1. The van der Waals surface area contributed by atoms with Crippen molar-refractivity contribution in [2.24, 2.45) is 5.92 Å². The monoisotopic (exact) mass is 399 g/mol. The number of carbonyl (C=O) groups excluding carboxylic acids is 2. The van der Waals surface area contributed by atoms with Crippen LogP contribution in [0.3, 0.4) is 0 Å². The normalized spacial score (nSPS) is 27.5. The first-order valence-electron chi connectivity index (χ1n) is 9.98. The van der Waals surface area contributed by atoms with E-state index in [0.717, 1.165) is 47.8 Å². The van der Waals surface area contributed by atoms with Crippen LogP contribution in [0.15, 0.2) is 18.3 Å². The summed E-state index contributed by atoms with van der Waals surface area (Å²) in [6.07, 6.45) is 4.13. The predicted molar refractivity (Wildman–Crippen MR) is 110 cm³/mol. The van der Waals surface area contributed by atoms with Crippen LogP contribution in [0.1, 0.15) is 23.3 Å². The quantitative estimate of drug-likeness (QED) is 0.845. The van der Waals surface area contributed by atoms with Crippen LogP contribution >= 0.6 is 11.3 Å². The Morgan fingerprint density at radius 1 is 1.21 bits per heavy atom. The van der Waals surface area contributed by atoms with Gasteiger partial charge in [0.25, 0.3) is 5.91 Å². The zero-order chi connectivity index (χ0) is 19.3. The molecule has 8 heteroatoms. The molecule has 0 aromatic carbocycles. The van der Waals surface area contributed by atoms with Crippen LogP contribution in [0, 0.1) is 5.92 Å². The maximum Gasteiger partial charge on any atom is 0.270 e. The van der Waals surface area contributed by atoms with E-state index in [9.17, 15) is 9.59 Å². The van der Waals surface area contributed by atoms with Gasteiger partial charge in [0.2, 0.25) is 5.91 Å². The number of anilines is 1. The van der Waals surface area contributed by atoms with Gasteiger partial charge in [-0.2, -0.15) is 0 Å². The number of piperazine rings is 1. The smallest absolute Gasteiger partial charge is 0.270 e. The van der Waals surface area contributed by atoms with E-state index in [1.54, 1.807) is 22.4 Å². The van der Waals surface area contributed by atoms with E-state index in [0.29, 0.717) is 18.2 Å². The van der Waals surface area contributed by atoms with Gasteiger partial charge in [0.05, 0.1) is 11.5 Å². The van der Waals surface area contributed by atoms with E-state index in [2.05, 4.69) is 26.2 Å². The van der Waals surface area contributed by atoms with Gasteiger partial charge in [-0.3, -0.25) is 14.6 Å². The van der Waals surface area contributed by atoms with Gasteiger partial charge in [-0.25, -0.2) is 0 Å². The number of pyridine rings is 1. The Bertz CT molecular complexity index is 920. The lowest BCUT2D eigenvalue weighted by atomic mass is 9.84. The minimum Gasteiger partial charge on any atom is -0.352 e. The highest BCUT2D eigenvalue weighted by Crippen LogP contribution is 2.33. The summed E-state index contributed by atoms with van der Waals surface area (Å²) in [6.45, 7) is 5.25. The second-order valence-electron chi connectivity index (χ2n) is 8.15. The molecule has 2 aromatic rings. The van der Waals surface area contributed by atoms with Crippen molar-refractivity contribution in [2.45, 2.75) is 18.9 Å². The van der Waals surface area contributed by atoms with E-state index in [-0.39, 0.29) is 17.9 Å². The highest BCUT2D eigenvalue weighted by Gasteiger charge is 2.35. The number of nitrogens with one attached hydrogen (secondary N) is 1. The summed E-state index contributed by atoms with van der Waals surface area (Å²) in [4.78, 5) is 35.5. The van der Waals surface area contributed by atoms with Crippen LogP contribution in [0.25, 0.3) is 10.1 Å². The summed E-state index contributed by atoms with van der Waals surface area (Å²) in [7, 11) is 1.84. The Labute approximate surface area is 168 Å². The minimum atomic E-state index is -0.0784. The molecular formula is C20H25N5O2S. The number of likely N-dealkylation sites (N-methyl/N-ethyl adjacent to an activating group) is 1. The third-order valence-electron chi connectivity index (χ3n) is 6.36. The standard InChI is InChI=1S/C20H25N5O2S/c1-23-6-7-25(12-18(23)26)19-8-14-10-21-15(9-17(14)28-19)20(27)22-16-11-24-4-2-13(16)3-5-24/h8-10,13,16H,2-7,11-12H2,1H3,(H,22,27). The van der Waals surface area contributed by atoms with Crippen molar-refractivity contribution in [3.63, 3.8) is 0 Å². The Balaban J connectivity index is 1.32. The first kappa shape index (κ1) is 17.9. The maximum atomic E-state index is 12.8. The van der Waals surface area contributed by atoms with Crippen molar-refractivity contribution < 1.29 is 9.59 Å². The fourth-order valence-corrected chi connectivity index (χ4v) is 5.61. The molecule has 6 rings (SSSR count). The molecule has 1 atom stereocenters. The lowest BCUT2D eigenvalue weighted by Crippen LogP contribution is -2.57. The second kappa shape index (κ2) is 7.00. The zero-order valence-corrected chi connectivity index (χ0v) is 16.9. The third kappa shape index (κ3) is 3.24. The van der Waals surface area contributed by atoms with Gasteiger partial charge >= 0.3 is 0 Å². The summed E-state index contributed by atoms with van der Waals surface area (Å²) in [5.41, 5.74) is 0.479. The summed E-state index contributed by atoms with van der Waals surface area (Å²) in [5.74, 6) is 0.658. The number of carbonyl (C=O) groups is 2. The highest BCUT2D eigenvalue weighted by atomic mass is 32.1. The molecule has 4 aliphatic rings. The molecule has 2 amide bonds. The molecule has 0 spiro atoms. The van der Waals surface area contributed by atoms with Crippen molar-refractivity contribution in [2.75, 3.05) is 51.2 Å². The predicted octanol–water partition coefficient (Wildman–Crippen LogP) is 1.40. The van der Waals surface area contributed by atoms with Crippen LogP contribution in [-0.4, -0.2) is 79.0 Å². The van der Waals surface area contributed by atoms with Gasteiger partial charge < -0.3 is 20.0 Å². The molecule has 148 valence electrons. The maximum absolute atomic E-state index is 12.8. The first-order chi connectivity index (χ1) is 13.6. The molecule has 6 heterocycles. The summed E-state index contributed by atoms with van der Waals surface area (Å²) >= 11 is 1.62. The third-order valence-corrected chi connectivity index (χ3v) is 7.52. The number of amides is 2. The SMILES string of the molecule is CN1CCN(c2cc3cnc(C(=O)NC4CN5CCC4CC5)cc3s2)CC1=O. The van der Waals surface area contributed by atoms with Gasteiger partial charge in [-0.1, -0.05) is 0 Å². The molecule has 0 saturated carbocycles. The van der Waals surface area contributed by atoms with Crippen molar-refractivity contribution in [3.8, 4) is 0 Å². The molecule has 4 aliphatic heterocycles. The number of rotatable bonds is 3. The Hall–Kier alpha value is -2.19. The molecule has 28 heavy (non-hydrogen) atoms. The summed E-state index contributed by atoms with van der Waals surface area (Å²) in [5, 5.41) is 5.30. The molecule has 2 bridgehead atoms. The van der Waals surface area contributed by atoms with Crippen molar-refractivity contribution in [1.29, 1.82) is 0 Å². The second-order valence-corrected chi connectivity index (χ2v) is 9.21. The van der Waals surface area contributed by atoms with E-state index >= 15 is 0 Å². The first-order valence-corrected chi connectivity index (χ1v) is 10.8. The molecule has 4 fully saturated rings.